The monoisotopic (exact) mass is 72.0 g/mol. The van der Waals surface area contributed by atoms with Crippen molar-refractivity contribution in [2.24, 2.45) is 0 Å². The number of rotatable bonds is 0. The molecule has 2 N–H and O–H groups in total. The molecule has 0 aliphatic carbocycles. The average molecular weight is 72.1 g/mol. The van der Waals surface area contributed by atoms with Crippen LogP contribution in [0.2, 0.25) is 0 Å². The topological polar surface area (TPSA) is 40.5 Å². The van der Waals surface area contributed by atoms with Gasteiger partial charge in [0.25, 0.3) is 0 Å². The van der Waals surface area contributed by atoms with Gasteiger partial charge < -0.3 is 10.2 Å². The molecule has 0 saturated heterocycles. The van der Waals surface area contributed by atoms with E-state index >= 15 is 0 Å². The molecule has 5 heavy (non-hydrogen) atoms. The van der Waals surface area contributed by atoms with Crippen molar-refractivity contribution < 1.29 is 10.2 Å². The Morgan fingerprint density at radius 3 is 1.80 bits per heavy atom. The molecule has 0 rings (SSSR count). The van der Waals surface area contributed by atoms with Crippen LogP contribution in [0.3, 0.4) is 0 Å². The molecule has 0 aliphatic rings. The maximum Gasteiger partial charge on any atom is 0.321 e. The van der Waals surface area contributed by atoms with Gasteiger partial charge in [-0.2, -0.15) is 0 Å². The predicted octanol–water partition coefficient (Wildman–Crippen LogP) is 0.729. The number of hydrogen-bond acceptors (Lipinski definition) is 2. The molecule has 0 radical (unpaired) electrons. The van der Waals surface area contributed by atoms with E-state index in [9.17, 15) is 0 Å². The van der Waals surface area contributed by atoms with Crippen molar-refractivity contribution in [1.29, 1.82) is 0 Å². The van der Waals surface area contributed by atoms with Gasteiger partial charge in [0, 0.05) is 0 Å². The van der Waals surface area contributed by atoms with E-state index in [1.54, 1.807) is 5.73 Å². The first-order valence-corrected chi connectivity index (χ1v) is 1.05. The zero-order valence-electron chi connectivity index (χ0n) is 2.60. The zero-order chi connectivity index (χ0) is 4.28. The van der Waals surface area contributed by atoms with Gasteiger partial charge in [-0.25, -0.2) is 0 Å². The molecule has 2 nitrogen and oxygen atoms in total. The minimum atomic E-state index is -0.856. The van der Waals surface area contributed by atoms with Gasteiger partial charge in [0.2, 0.25) is 0 Å². The van der Waals surface area contributed by atoms with Crippen molar-refractivity contribution in [3.05, 3.63) is 18.3 Å². The Morgan fingerprint density at radius 2 is 1.80 bits per heavy atom. The Kier molecular flexibility index (Phi) is 1.19. The molecule has 2 heteroatoms. The standard InChI is InChI=1S/C3H4O2/c1-2-3(4)5/h4-5H,1H2. The summed E-state index contributed by atoms with van der Waals surface area (Å²) in [5.74, 6) is -0.856. The lowest BCUT2D eigenvalue weighted by Crippen LogP contribution is -1.65. The van der Waals surface area contributed by atoms with E-state index in [4.69, 9.17) is 10.2 Å². The fraction of sp³-hybridized carbons (Fsp3) is 0. The van der Waals surface area contributed by atoms with Gasteiger partial charge in [-0.05, 0) is 12.3 Å². The molecular formula is C3H4O2. The summed E-state index contributed by atoms with van der Waals surface area (Å²) in [5, 5.41) is 15.3. The second-order valence-electron chi connectivity index (χ2n) is 0.500. The van der Waals surface area contributed by atoms with E-state index in [1.165, 1.54) is 0 Å². The first kappa shape index (κ1) is 4.12. The second-order valence-corrected chi connectivity index (χ2v) is 0.500. The highest BCUT2D eigenvalue weighted by molar-refractivity contribution is 4.69. The van der Waals surface area contributed by atoms with Gasteiger partial charge in [0.05, 0.1) is 0 Å². The Labute approximate surface area is 29.7 Å². The summed E-state index contributed by atoms with van der Waals surface area (Å²) >= 11 is 0. The van der Waals surface area contributed by atoms with Crippen LogP contribution in [0.25, 0.3) is 0 Å². The quantitative estimate of drug-likeness (QED) is 0.327. The molecule has 0 fully saturated rings. The van der Waals surface area contributed by atoms with E-state index in [0.29, 0.717) is 0 Å². The van der Waals surface area contributed by atoms with E-state index in [-0.39, 0.29) is 0 Å². The number of aliphatic hydroxyl groups excluding tert-OH is 1. The van der Waals surface area contributed by atoms with Gasteiger partial charge in [0.1, 0.15) is 0 Å². The maximum atomic E-state index is 7.66. The summed E-state index contributed by atoms with van der Waals surface area (Å²) in [6, 6.07) is 0. The summed E-state index contributed by atoms with van der Waals surface area (Å²) < 4.78 is 0. The molecule has 0 atom stereocenters. The van der Waals surface area contributed by atoms with Gasteiger partial charge >= 0.3 is 5.95 Å². The van der Waals surface area contributed by atoms with Crippen LogP contribution in [-0.4, -0.2) is 10.2 Å². The fourth-order valence-electron chi connectivity index (χ4n) is 0. The van der Waals surface area contributed by atoms with Crippen LogP contribution in [-0.2, 0) is 0 Å². The van der Waals surface area contributed by atoms with E-state index < -0.39 is 5.95 Å². The van der Waals surface area contributed by atoms with Crippen LogP contribution < -0.4 is 0 Å². The molecule has 0 unspecified atom stereocenters. The molecule has 28 valence electrons. The van der Waals surface area contributed by atoms with Crippen LogP contribution in [0, 0.1) is 0 Å². The molecule has 0 aliphatic heterocycles. The highest BCUT2D eigenvalue weighted by atomic mass is 16.5. The highest BCUT2D eigenvalue weighted by Gasteiger charge is 1.63. The Morgan fingerprint density at radius 1 is 1.60 bits per heavy atom. The first-order chi connectivity index (χ1) is 2.27. The van der Waals surface area contributed by atoms with Crippen molar-refractivity contribution in [2.45, 2.75) is 0 Å². The van der Waals surface area contributed by atoms with Crippen molar-refractivity contribution >= 4 is 0 Å². The zero-order valence-corrected chi connectivity index (χ0v) is 2.60. The van der Waals surface area contributed by atoms with Crippen LogP contribution in [0.15, 0.2) is 18.3 Å². The fourth-order valence-corrected chi connectivity index (χ4v) is 0. The normalized spacial score (nSPS) is 5.60. The average Bonchev–Trinajstić information content (AvgIpc) is 1.38. The molecule has 0 spiro atoms. The third-order valence-electron chi connectivity index (χ3n) is 0.158. The molecule has 0 bridgehead atoms. The number of hydrogen-bond donors (Lipinski definition) is 2. The summed E-state index contributed by atoms with van der Waals surface area (Å²) in [4.78, 5) is 0. The minimum absolute atomic E-state index is 0.856. The Balaban J connectivity index is 3.60. The smallest absolute Gasteiger partial charge is 0.321 e. The summed E-state index contributed by atoms with van der Waals surface area (Å²) in [6.07, 6.45) is 0. The second kappa shape index (κ2) is 1.44. The van der Waals surface area contributed by atoms with Gasteiger partial charge in [-0.15, -0.1) is 0 Å². The van der Waals surface area contributed by atoms with Crippen molar-refractivity contribution in [3.63, 3.8) is 0 Å². The molecule has 0 aromatic carbocycles. The van der Waals surface area contributed by atoms with E-state index in [0.717, 1.165) is 0 Å². The molecule has 0 heterocycles. The van der Waals surface area contributed by atoms with E-state index in [1.807, 2.05) is 0 Å². The van der Waals surface area contributed by atoms with Crippen LogP contribution in [0.5, 0.6) is 0 Å². The minimum Gasteiger partial charge on any atom is -0.475 e. The van der Waals surface area contributed by atoms with Crippen molar-refractivity contribution in [1.82, 2.24) is 0 Å². The summed E-state index contributed by atoms with van der Waals surface area (Å²) in [7, 11) is 0. The lowest BCUT2D eigenvalue weighted by Gasteiger charge is -1.69. The third-order valence-corrected chi connectivity index (χ3v) is 0.158. The van der Waals surface area contributed by atoms with Gasteiger partial charge in [-0.1, -0.05) is 0 Å². The molecule has 0 aromatic heterocycles. The molecular weight excluding hydrogens is 68.0 g/mol. The Bertz CT molecular complexity index is 65.0. The van der Waals surface area contributed by atoms with Crippen molar-refractivity contribution in [2.75, 3.05) is 0 Å². The molecule has 0 saturated carbocycles. The Hall–Kier alpha value is -0.880. The van der Waals surface area contributed by atoms with E-state index in [2.05, 4.69) is 6.58 Å². The first-order valence-electron chi connectivity index (χ1n) is 1.05. The highest BCUT2D eigenvalue weighted by Crippen LogP contribution is 1.64. The maximum absolute atomic E-state index is 7.66. The predicted molar refractivity (Wildman–Crippen MR) is 17.9 cm³/mol. The van der Waals surface area contributed by atoms with Crippen LogP contribution >= 0.6 is 0 Å². The molecule has 0 aromatic rings. The number of aliphatic hydroxyl groups is 2. The lowest BCUT2D eigenvalue weighted by molar-refractivity contribution is 0.193. The SMILES string of the molecule is C=C=C(O)O. The molecule has 0 amide bonds. The summed E-state index contributed by atoms with van der Waals surface area (Å²) in [6.45, 7) is 2.90. The lowest BCUT2D eigenvalue weighted by atomic mass is 10.9. The third kappa shape index (κ3) is 3.12. The van der Waals surface area contributed by atoms with Gasteiger partial charge in [0.15, 0.2) is 0 Å². The van der Waals surface area contributed by atoms with Crippen LogP contribution in [0.4, 0.5) is 0 Å². The summed E-state index contributed by atoms with van der Waals surface area (Å²) in [5.41, 5.74) is 1.81. The van der Waals surface area contributed by atoms with Gasteiger partial charge in [-0.3, -0.25) is 0 Å². The largest absolute Gasteiger partial charge is 0.475 e. The van der Waals surface area contributed by atoms with Crippen molar-refractivity contribution in [3.8, 4) is 0 Å². The van der Waals surface area contributed by atoms with Crippen LogP contribution in [0.1, 0.15) is 0 Å².